The van der Waals surface area contributed by atoms with Crippen LogP contribution in [0.4, 0.5) is 13.2 Å². The molecule has 0 spiro atoms. The SMILES string of the molecule is CC(F)(F)c1ccc(F)c(C(=O)CCN)c1. The average Bonchev–Trinajstić information content (AvgIpc) is 2.16. The van der Waals surface area contributed by atoms with Gasteiger partial charge in [-0.3, -0.25) is 4.79 Å². The van der Waals surface area contributed by atoms with Crippen LogP contribution in [0.25, 0.3) is 0 Å². The summed E-state index contributed by atoms with van der Waals surface area (Å²) in [5.41, 5.74) is 4.44. The highest BCUT2D eigenvalue weighted by Gasteiger charge is 2.26. The van der Waals surface area contributed by atoms with E-state index in [2.05, 4.69) is 0 Å². The smallest absolute Gasteiger partial charge is 0.270 e. The van der Waals surface area contributed by atoms with E-state index < -0.39 is 17.5 Å². The molecule has 0 amide bonds. The van der Waals surface area contributed by atoms with Crippen LogP contribution in [-0.2, 0) is 5.92 Å². The standard InChI is InChI=1S/C11H12F3NO/c1-11(13,14)7-2-3-9(12)8(6-7)10(16)4-5-15/h2-3,6H,4-5,15H2,1H3. The number of alkyl halides is 2. The molecule has 1 aromatic rings. The van der Waals surface area contributed by atoms with Crippen molar-refractivity contribution in [2.24, 2.45) is 5.73 Å². The predicted molar refractivity (Wildman–Crippen MR) is 54.0 cm³/mol. The van der Waals surface area contributed by atoms with Gasteiger partial charge >= 0.3 is 0 Å². The third kappa shape index (κ3) is 2.82. The number of carbonyl (C=O) groups excluding carboxylic acids is 1. The highest BCUT2D eigenvalue weighted by atomic mass is 19.3. The minimum absolute atomic E-state index is 0.0599. The lowest BCUT2D eigenvalue weighted by Gasteiger charge is -2.12. The molecule has 88 valence electrons. The molecule has 1 rings (SSSR count). The third-order valence-corrected chi connectivity index (χ3v) is 2.15. The topological polar surface area (TPSA) is 43.1 Å². The van der Waals surface area contributed by atoms with Gasteiger partial charge in [-0.1, -0.05) is 6.07 Å². The van der Waals surface area contributed by atoms with Gasteiger partial charge in [0.15, 0.2) is 5.78 Å². The number of nitrogens with two attached hydrogens (primary N) is 1. The molecule has 0 fully saturated rings. The minimum Gasteiger partial charge on any atom is -0.330 e. The van der Waals surface area contributed by atoms with Crippen molar-refractivity contribution in [3.05, 3.63) is 35.1 Å². The summed E-state index contributed by atoms with van der Waals surface area (Å²) in [7, 11) is 0. The van der Waals surface area contributed by atoms with E-state index in [1.807, 2.05) is 0 Å². The number of carbonyl (C=O) groups is 1. The maximum atomic E-state index is 13.2. The van der Waals surface area contributed by atoms with E-state index in [0.717, 1.165) is 18.2 Å². The Morgan fingerprint density at radius 1 is 1.44 bits per heavy atom. The second kappa shape index (κ2) is 4.65. The van der Waals surface area contributed by atoms with Gasteiger partial charge in [0.25, 0.3) is 5.92 Å². The van der Waals surface area contributed by atoms with Crippen molar-refractivity contribution in [2.75, 3.05) is 6.54 Å². The molecule has 0 aromatic heterocycles. The summed E-state index contributed by atoms with van der Waals surface area (Å²) in [5.74, 6) is -4.46. The fraction of sp³-hybridized carbons (Fsp3) is 0.364. The van der Waals surface area contributed by atoms with Gasteiger partial charge in [0.2, 0.25) is 0 Å². The number of hydrogen-bond donors (Lipinski definition) is 1. The number of halogens is 3. The van der Waals surface area contributed by atoms with Gasteiger partial charge < -0.3 is 5.73 Å². The van der Waals surface area contributed by atoms with Gasteiger partial charge in [-0.15, -0.1) is 0 Å². The Bertz CT molecular complexity index is 399. The Morgan fingerprint density at radius 2 is 2.06 bits per heavy atom. The fourth-order valence-corrected chi connectivity index (χ4v) is 1.28. The van der Waals surface area contributed by atoms with Crippen LogP contribution in [0.1, 0.15) is 29.3 Å². The summed E-state index contributed by atoms with van der Waals surface area (Å²) in [6.45, 7) is 0.752. The monoisotopic (exact) mass is 231 g/mol. The number of rotatable bonds is 4. The first kappa shape index (κ1) is 12.7. The predicted octanol–water partition coefficient (Wildman–Crippen LogP) is 2.47. The quantitative estimate of drug-likeness (QED) is 0.809. The second-order valence-corrected chi connectivity index (χ2v) is 3.54. The van der Waals surface area contributed by atoms with Crippen LogP contribution in [0, 0.1) is 5.82 Å². The van der Waals surface area contributed by atoms with Crippen LogP contribution in [0.2, 0.25) is 0 Å². The summed E-state index contributed by atoms with van der Waals surface area (Å²) in [6, 6.07) is 2.72. The van der Waals surface area contributed by atoms with E-state index in [1.165, 1.54) is 0 Å². The lowest BCUT2D eigenvalue weighted by molar-refractivity contribution is 0.0174. The average molecular weight is 231 g/mol. The molecule has 0 aliphatic rings. The Kier molecular flexibility index (Phi) is 3.70. The molecule has 0 radical (unpaired) electrons. The van der Waals surface area contributed by atoms with E-state index in [9.17, 15) is 18.0 Å². The zero-order valence-electron chi connectivity index (χ0n) is 8.77. The Hall–Kier alpha value is -1.36. The Morgan fingerprint density at radius 3 is 2.56 bits per heavy atom. The lowest BCUT2D eigenvalue weighted by Crippen LogP contribution is -2.13. The van der Waals surface area contributed by atoms with Gasteiger partial charge in [-0.25, -0.2) is 13.2 Å². The zero-order chi connectivity index (χ0) is 12.3. The zero-order valence-corrected chi connectivity index (χ0v) is 8.77. The van der Waals surface area contributed by atoms with Gasteiger partial charge in [0.1, 0.15) is 5.82 Å². The van der Waals surface area contributed by atoms with Crippen LogP contribution < -0.4 is 5.73 Å². The van der Waals surface area contributed by atoms with Crippen LogP contribution in [-0.4, -0.2) is 12.3 Å². The van der Waals surface area contributed by atoms with Crippen molar-refractivity contribution in [1.82, 2.24) is 0 Å². The first-order valence-electron chi connectivity index (χ1n) is 4.77. The first-order valence-corrected chi connectivity index (χ1v) is 4.77. The molecule has 2 N–H and O–H groups in total. The highest BCUT2D eigenvalue weighted by Crippen LogP contribution is 2.28. The van der Waals surface area contributed by atoms with Crippen molar-refractivity contribution in [1.29, 1.82) is 0 Å². The first-order chi connectivity index (χ1) is 7.36. The van der Waals surface area contributed by atoms with Gasteiger partial charge in [0, 0.05) is 18.9 Å². The van der Waals surface area contributed by atoms with Crippen molar-refractivity contribution in [3.63, 3.8) is 0 Å². The molecule has 0 saturated heterocycles. The van der Waals surface area contributed by atoms with E-state index in [0.29, 0.717) is 6.92 Å². The molecule has 0 heterocycles. The second-order valence-electron chi connectivity index (χ2n) is 3.54. The lowest BCUT2D eigenvalue weighted by atomic mass is 10.0. The van der Waals surface area contributed by atoms with Gasteiger partial charge in [0.05, 0.1) is 5.56 Å². The third-order valence-electron chi connectivity index (χ3n) is 2.15. The molecule has 5 heteroatoms. The Labute approximate surface area is 91.3 Å². The van der Waals surface area contributed by atoms with Crippen LogP contribution in [0.15, 0.2) is 18.2 Å². The molecular formula is C11H12F3NO. The molecule has 0 atom stereocenters. The van der Waals surface area contributed by atoms with Crippen molar-refractivity contribution in [2.45, 2.75) is 19.3 Å². The van der Waals surface area contributed by atoms with Gasteiger partial charge in [-0.2, -0.15) is 0 Å². The molecule has 2 nitrogen and oxygen atoms in total. The Balaban J connectivity index is 3.14. The highest BCUT2D eigenvalue weighted by molar-refractivity contribution is 5.96. The van der Waals surface area contributed by atoms with Crippen molar-refractivity contribution in [3.8, 4) is 0 Å². The molecule has 0 saturated carbocycles. The summed E-state index contributed by atoms with van der Waals surface area (Å²) in [6.07, 6.45) is -0.0599. The summed E-state index contributed by atoms with van der Waals surface area (Å²) in [4.78, 5) is 11.4. The summed E-state index contributed by atoms with van der Waals surface area (Å²) >= 11 is 0. The van der Waals surface area contributed by atoms with Crippen LogP contribution in [0.3, 0.4) is 0 Å². The largest absolute Gasteiger partial charge is 0.330 e. The van der Waals surface area contributed by atoms with Crippen LogP contribution in [0.5, 0.6) is 0 Å². The summed E-state index contributed by atoms with van der Waals surface area (Å²) < 4.78 is 39.1. The molecular weight excluding hydrogens is 219 g/mol. The van der Waals surface area contributed by atoms with E-state index >= 15 is 0 Å². The van der Waals surface area contributed by atoms with Crippen molar-refractivity contribution >= 4 is 5.78 Å². The number of hydrogen-bond acceptors (Lipinski definition) is 2. The minimum atomic E-state index is -3.09. The normalized spacial score (nSPS) is 11.6. The molecule has 0 bridgehead atoms. The number of benzene rings is 1. The van der Waals surface area contributed by atoms with Crippen molar-refractivity contribution < 1.29 is 18.0 Å². The summed E-state index contributed by atoms with van der Waals surface area (Å²) in [5, 5.41) is 0. The van der Waals surface area contributed by atoms with Gasteiger partial charge in [-0.05, 0) is 18.7 Å². The number of ketones is 1. The van der Waals surface area contributed by atoms with E-state index in [1.54, 1.807) is 0 Å². The van der Waals surface area contributed by atoms with E-state index in [4.69, 9.17) is 5.73 Å². The molecule has 0 unspecified atom stereocenters. The fourth-order valence-electron chi connectivity index (χ4n) is 1.28. The molecule has 0 aliphatic heterocycles. The maximum absolute atomic E-state index is 13.2. The van der Waals surface area contributed by atoms with E-state index in [-0.39, 0.29) is 24.1 Å². The molecule has 16 heavy (non-hydrogen) atoms. The molecule has 1 aromatic carbocycles. The van der Waals surface area contributed by atoms with Crippen LogP contribution >= 0.6 is 0 Å². The maximum Gasteiger partial charge on any atom is 0.270 e. The molecule has 0 aliphatic carbocycles. The number of Topliss-reactive ketones (excluding diaryl/α,β-unsaturated/α-hetero) is 1.